The highest BCUT2D eigenvalue weighted by molar-refractivity contribution is 14.0. The molecule has 2 aliphatic rings. The van der Waals surface area contributed by atoms with Crippen LogP contribution in [0.1, 0.15) is 26.2 Å². The molecule has 1 aliphatic carbocycles. The van der Waals surface area contributed by atoms with Gasteiger partial charge in [0.05, 0.1) is 0 Å². The van der Waals surface area contributed by atoms with Crippen molar-refractivity contribution in [2.45, 2.75) is 38.3 Å². The summed E-state index contributed by atoms with van der Waals surface area (Å²) in [6.07, 6.45) is 3.44. The van der Waals surface area contributed by atoms with Crippen LogP contribution in [0, 0.1) is 11.6 Å². The zero-order valence-electron chi connectivity index (χ0n) is 16.0. The largest absolute Gasteiger partial charge is 0.365 e. The van der Waals surface area contributed by atoms with E-state index in [9.17, 15) is 8.78 Å². The van der Waals surface area contributed by atoms with Crippen LogP contribution < -0.4 is 15.5 Å². The molecule has 2 fully saturated rings. The normalized spacial score (nSPS) is 20.0. The average Bonchev–Trinajstić information content (AvgIpc) is 3.37. The number of para-hydroxylation sites is 1. The van der Waals surface area contributed by atoms with E-state index >= 15 is 0 Å². The standard InChI is InChI=1S/C19H29F2N5.HI/c1-3-25(15-7-8-15)12-10-23-19(22-2)24-14-9-11-26(13-14)18-16(20)5-4-6-17(18)21;/h4-6,14-15H,3,7-13H2,1-2H3,(H2,22,23,24);1H. The molecule has 1 aromatic rings. The highest BCUT2D eigenvalue weighted by Crippen LogP contribution is 2.27. The van der Waals surface area contributed by atoms with Gasteiger partial charge in [0.25, 0.3) is 0 Å². The number of hydrogen-bond acceptors (Lipinski definition) is 3. The summed E-state index contributed by atoms with van der Waals surface area (Å²) < 4.78 is 27.9. The van der Waals surface area contributed by atoms with E-state index in [0.717, 1.165) is 38.1 Å². The molecule has 1 aromatic carbocycles. The predicted octanol–water partition coefficient (Wildman–Crippen LogP) is 2.81. The minimum Gasteiger partial charge on any atom is -0.365 e. The van der Waals surface area contributed by atoms with E-state index in [4.69, 9.17) is 0 Å². The molecule has 27 heavy (non-hydrogen) atoms. The Labute approximate surface area is 177 Å². The van der Waals surface area contributed by atoms with Gasteiger partial charge in [0.15, 0.2) is 5.96 Å². The fourth-order valence-electron chi connectivity index (χ4n) is 3.62. The van der Waals surface area contributed by atoms with Gasteiger partial charge in [0.1, 0.15) is 17.3 Å². The number of aliphatic imine (C=N–C) groups is 1. The van der Waals surface area contributed by atoms with Gasteiger partial charge in [0, 0.05) is 45.3 Å². The number of benzene rings is 1. The van der Waals surface area contributed by atoms with E-state index in [-0.39, 0.29) is 35.7 Å². The maximum absolute atomic E-state index is 14.0. The molecular weight excluding hydrogens is 463 g/mol. The first-order valence-electron chi connectivity index (χ1n) is 9.52. The van der Waals surface area contributed by atoms with Gasteiger partial charge in [-0.2, -0.15) is 0 Å². The van der Waals surface area contributed by atoms with Crippen molar-refractivity contribution in [3.8, 4) is 0 Å². The van der Waals surface area contributed by atoms with E-state index in [0.29, 0.717) is 13.1 Å². The van der Waals surface area contributed by atoms with Gasteiger partial charge in [-0.05, 0) is 37.9 Å². The summed E-state index contributed by atoms with van der Waals surface area (Å²) >= 11 is 0. The second-order valence-electron chi connectivity index (χ2n) is 7.00. The van der Waals surface area contributed by atoms with Crippen LogP contribution in [0.5, 0.6) is 0 Å². The quantitative estimate of drug-likeness (QED) is 0.349. The van der Waals surface area contributed by atoms with Gasteiger partial charge < -0.3 is 15.5 Å². The van der Waals surface area contributed by atoms with Crippen molar-refractivity contribution in [2.75, 3.05) is 44.7 Å². The lowest BCUT2D eigenvalue weighted by atomic mass is 10.2. The average molecular weight is 493 g/mol. The Morgan fingerprint density at radius 1 is 1.26 bits per heavy atom. The van der Waals surface area contributed by atoms with E-state index in [2.05, 4.69) is 27.4 Å². The van der Waals surface area contributed by atoms with E-state index in [1.807, 2.05) is 0 Å². The fraction of sp³-hybridized carbons (Fsp3) is 0.632. The third-order valence-corrected chi connectivity index (χ3v) is 5.17. The third-order valence-electron chi connectivity index (χ3n) is 5.17. The van der Waals surface area contributed by atoms with Gasteiger partial charge in [-0.25, -0.2) is 8.78 Å². The van der Waals surface area contributed by atoms with Crippen LogP contribution in [0.3, 0.4) is 0 Å². The topological polar surface area (TPSA) is 42.9 Å². The number of hydrogen-bond donors (Lipinski definition) is 2. The maximum Gasteiger partial charge on any atom is 0.191 e. The maximum atomic E-state index is 14.0. The van der Waals surface area contributed by atoms with Crippen molar-refractivity contribution in [3.05, 3.63) is 29.8 Å². The van der Waals surface area contributed by atoms with Gasteiger partial charge in [0.2, 0.25) is 0 Å². The van der Waals surface area contributed by atoms with Crippen LogP contribution in [-0.4, -0.2) is 62.7 Å². The predicted molar refractivity (Wildman–Crippen MR) is 117 cm³/mol. The van der Waals surface area contributed by atoms with Crippen LogP contribution in [0.4, 0.5) is 14.5 Å². The first-order chi connectivity index (χ1) is 12.6. The Bertz CT molecular complexity index is 618. The summed E-state index contributed by atoms with van der Waals surface area (Å²) in [6.45, 7) is 6.28. The number of nitrogens with zero attached hydrogens (tertiary/aromatic N) is 3. The van der Waals surface area contributed by atoms with E-state index in [1.54, 1.807) is 11.9 Å². The van der Waals surface area contributed by atoms with E-state index < -0.39 is 11.6 Å². The van der Waals surface area contributed by atoms with Crippen molar-refractivity contribution in [3.63, 3.8) is 0 Å². The van der Waals surface area contributed by atoms with E-state index in [1.165, 1.54) is 31.0 Å². The monoisotopic (exact) mass is 493 g/mol. The lowest BCUT2D eigenvalue weighted by Crippen LogP contribution is -2.46. The number of likely N-dealkylation sites (N-methyl/N-ethyl adjacent to an activating group) is 1. The second-order valence-corrected chi connectivity index (χ2v) is 7.00. The highest BCUT2D eigenvalue weighted by atomic mass is 127. The molecule has 1 atom stereocenters. The Hall–Kier alpha value is -1.16. The first-order valence-corrected chi connectivity index (χ1v) is 9.52. The van der Waals surface area contributed by atoms with Crippen LogP contribution in [-0.2, 0) is 0 Å². The molecule has 1 saturated heterocycles. The summed E-state index contributed by atoms with van der Waals surface area (Å²) in [4.78, 5) is 8.53. The SMILES string of the molecule is CCN(CCNC(=NC)NC1CCN(c2c(F)cccc2F)C1)C1CC1.I. The van der Waals surface area contributed by atoms with Crippen molar-refractivity contribution < 1.29 is 8.78 Å². The Balaban J connectivity index is 0.00000261. The third kappa shape index (κ3) is 5.91. The lowest BCUT2D eigenvalue weighted by Gasteiger charge is -2.23. The van der Waals surface area contributed by atoms with Crippen molar-refractivity contribution in [1.29, 1.82) is 0 Å². The molecule has 0 radical (unpaired) electrons. The van der Waals surface area contributed by atoms with Gasteiger partial charge in [-0.1, -0.05) is 13.0 Å². The van der Waals surface area contributed by atoms with Gasteiger partial charge >= 0.3 is 0 Å². The van der Waals surface area contributed by atoms with Crippen molar-refractivity contribution in [2.24, 2.45) is 4.99 Å². The van der Waals surface area contributed by atoms with Gasteiger partial charge in [-0.3, -0.25) is 9.89 Å². The van der Waals surface area contributed by atoms with Gasteiger partial charge in [-0.15, -0.1) is 24.0 Å². The number of anilines is 1. The molecule has 152 valence electrons. The molecule has 2 N–H and O–H groups in total. The second kappa shape index (κ2) is 10.4. The van der Waals surface area contributed by atoms with Crippen molar-refractivity contribution in [1.82, 2.24) is 15.5 Å². The highest BCUT2D eigenvalue weighted by Gasteiger charge is 2.28. The lowest BCUT2D eigenvalue weighted by molar-refractivity contribution is 0.282. The molecule has 0 spiro atoms. The number of nitrogens with one attached hydrogen (secondary N) is 2. The Morgan fingerprint density at radius 2 is 1.96 bits per heavy atom. The number of rotatable bonds is 7. The molecule has 1 heterocycles. The molecule has 1 unspecified atom stereocenters. The molecule has 0 amide bonds. The van der Waals surface area contributed by atoms with Crippen LogP contribution in [0.2, 0.25) is 0 Å². The summed E-state index contributed by atoms with van der Waals surface area (Å²) in [5.41, 5.74) is 0.0720. The zero-order chi connectivity index (χ0) is 18.5. The fourth-order valence-corrected chi connectivity index (χ4v) is 3.62. The first kappa shape index (κ1) is 22.1. The summed E-state index contributed by atoms with van der Waals surface area (Å²) in [6, 6.07) is 4.88. The minimum atomic E-state index is -0.507. The van der Waals surface area contributed by atoms with Crippen LogP contribution in [0.25, 0.3) is 0 Å². The van der Waals surface area contributed by atoms with Crippen molar-refractivity contribution >= 4 is 35.6 Å². The molecule has 3 rings (SSSR count). The molecular formula is C19H30F2IN5. The molecule has 1 aliphatic heterocycles. The van der Waals surface area contributed by atoms with Crippen LogP contribution >= 0.6 is 24.0 Å². The molecule has 8 heteroatoms. The number of halogens is 3. The summed E-state index contributed by atoms with van der Waals surface area (Å²) in [7, 11) is 1.75. The Kier molecular flexibility index (Phi) is 8.53. The molecule has 0 aromatic heterocycles. The molecule has 0 bridgehead atoms. The Morgan fingerprint density at radius 3 is 2.56 bits per heavy atom. The smallest absolute Gasteiger partial charge is 0.191 e. The molecule has 1 saturated carbocycles. The minimum absolute atomic E-state index is 0. The van der Waals surface area contributed by atoms with Crippen LogP contribution in [0.15, 0.2) is 23.2 Å². The summed E-state index contributed by atoms with van der Waals surface area (Å²) in [5.74, 6) is -0.265. The zero-order valence-corrected chi connectivity index (χ0v) is 18.4. The number of guanidine groups is 1. The molecule has 5 nitrogen and oxygen atoms in total. The summed E-state index contributed by atoms with van der Waals surface area (Å²) in [5, 5.41) is 6.73.